The zero-order valence-electron chi connectivity index (χ0n) is 9.20. The Morgan fingerprint density at radius 3 is 2.80 bits per heavy atom. The lowest BCUT2D eigenvalue weighted by atomic mass is 10.2. The standard InChI is InChI=1S/C12H18N2O/c1-2-14-9-11(7-8-12(14)15)13-10-5-3-4-6-10/h7-10,13H,2-6H2,1H3. The van der Waals surface area contributed by atoms with Crippen LogP contribution < -0.4 is 10.9 Å². The Hall–Kier alpha value is -1.25. The first kappa shape index (κ1) is 10.3. The van der Waals surface area contributed by atoms with Crippen molar-refractivity contribution < 1.29 is 0 Å². The maximum absolute atomic E-state index is 11.4. The van der Waals surface area contributed by atoms with E-state index >= 15 is 0 Å². The molecule has 0 amide bonds. The molecule has 1 aromatic heterocycles. The molecule has 1 saturated carbocycles. The van der Waals surface area contributed by atoms with Crippen molar-refractivity contribution >= 4 is 5.69 Å². The van der Waals surface area contributed by atoms with Crippen LogP contribution in [0.5, 0.6) is 0 Å². The van der Waals surface area contributed by atoms with E-state index in [4.69, 9.17) is 0 Å². The van der Waals surface area contributed by atoms with Gasteiger partial charge in [-0.15, -0.1) is 0 Å². The van der Waals surface area contributed by atoms with Crippen LogP contribution in [0.2, 0.25) is 0 Å². The second kappa shape index (κ2) is 4.51. The van der Waals surface area contributed by atoms with Gasteiger partial charge >= 0.3 is 0 Å². The topological polar surface area (TPSA) is 34.0 Å². The van der Waals surface area contributed by atoms with Crippen LogP contribution in [0, 0.1) is 0 Å². The van der Waals surface area contributed by atoms with E-state index < -0.39 is 0 Å². The van der Waals surface area contributed by atoms with Crippen molar-refractivity contribution in [2.75, 3.05) is 5.32 Å². The summed E-state index contributed by atoms with van der Waals surface area (Å²) >= 11 is 0. The Morgan fingerprint density at radius 2 is 2.13 bits per heavy atom. The van der Waals surface area contributed by atoms with E-state index in [1.165, 1.54) is 25.7 Å². The van der Waals surface area contributed by atoms with Gasteiger partial charge in [0.05, 0.1) is 5.69 Å². The van der Waals surface area contributed by atoms with Gasteiger partial charge in [-0.05, 0) is 25.8 Å². The summed E-state index contributed by atoms with van der Waals surface area (Å²) in [5.74, 6) is 0. The third kappa shape index (κ3) is 2.41. The highest BCUT2D eigenvalue weighted by atomic mass is 16.1. The van der Waals surface area contributed by atoms with Crippen LogP contribution >= 0.6 is 0 Å². The van der Waals surface area contributed by atoms with Gasteiger partial charge in [0, 0.05) is 24.8 Å². The molecule has 1 fully saturated rings. The summed E-state index contributed by atoms with van der Waals surface area (Å²) in [7, 11) is 0. The fraction of sp³-hybridized carbons (Fsp3) is 0.583. The molecule has 1 N–H and O–H groups in total. The van der Waals surface area contributed by atoms with Crippen LogP contribution in [0.3, 0.4) is 0 Å². The fourth-order valence-corrected chi connectivity index (χ4v) is 2.17. The molecular weight excluding hydrogens is 188 g/mol. The SMILES string of the molecule is CCn1cc(NC2CCCC2)ccc1=O. The number of hydrogen-bond acceptors (Lipinski definition) is 2. The van der Waals surface area contributed by atoms with Gasteiger partial charge in [0.2, 0.25) is 0 Å². The minimum absolute atomic E-state index is 0.0782. The molecule has 0 aliphatic heterocycles. The average molecular weight is 206 g/mol. The van der Waals surface area contributed by atoms with Crippen LogP contribution in [0.1, 0.15) is 32.6 Å². The predicted octanol–water partition coefficient (Wildman–Crippen LogP) is 2.22. The zero-order valence-corrected chi connectivity index (χ0v) is 9.20. The van der Waals surface area contributed by atoms with E-state index in [1.807, 2.05) is 19.2 Å². The second-order valence-corrected chi connectivity index (χ2v) is 4.17. The van der Waals surface area contributed by atoms with Crippen molar-refractivity contribution in [1.82, 2.24) is 4.57 Å². The molecule has 1 aliphatic rings. The number of hydrogen-bond donors (Lipinski definition) is 1. The molecule has 0 aromatic carbocycles. The molecule has 3 nitrogen and oxygen atoms in total. The number of pyridine rings is 1. The molecule has 0 unspecified atom stereocenters. The third-order valence-corrected chi connectivity index (χ3v) is 3.05. The van der Waals surface area contributed by atoms with Crippen molar-refractivity contribution in [3.05, 3.63) is 28.7 Å². The van der Waals surface area contributed by atoms with Crippen LogP contribution in [-0.4, -0.2) is 10.6 Å². The number of aryl methyl sites for hydroxylation is 1. The van der Waals surface area contributed by atoms with E-state index in [-0.39, 0.29) is 5.56 Å². The first-order valence-electron chi connectivity index (χ1n) is 5.76. The highest BCUT2D eigenvalue weighted by Crippen LogP contribution is 2.21. The normalized spacial score (nSPS) is 16.9. The number of nitrogens with zero attached hydrogens (tertiary/aromatic N) is 1. The van der Waals surface area contributed by atoms with Crippen LogP contribution in [0.4, 0.5) is 5.69 Å². The summed E-state index contributed by atoms with van der Waals surface area (Å²) in [6.07, 6.45) is 7.08. The minimum Gasteiger partial charge on any atom is -0.381 e. The summed E-state index contributed by atoms with van der Waals surface area (Å²) in [6, 6.07) is 4.13. The van der Waals surface area contributed by atoms with Crippen molar-refractivity contribution in [2.45, 2.75) is 45.2 Å². The Balaban J connectivity index is 2.11. The second-order valence-electron chi connectivity index (χ2n) is 4.17. The van der Waals surface area contributed by atoms with Crippen molar-refractivity contribution in [2.24, 2.45) is 0 Å². The van der Waals surface area contributed by atoms with Gasteiger partial charge in [-0.25, -0.2) is 0 Å². The van der Waals surface area contributed by atoms with Crippen LogP contribution in [-0.2, 0) is 6.54 Å². The van der Waals surface area contributed by atoms with Gasteiger partial charge in [0.25, 0.3) is 5.56 Å². The number of rotatable bonds is 3. The molecule has 1 heterocycles. The molecule has 82 valence electrons. The zero-order chi connectivity index (χ0) is 10.7. The third-order valence-electron chi connectivity index (χ3n) is 3.05. The Morgan fingerprint density at radius 1 is 1.40 bits per heavy atom. The van der Waals surface area contributed by atoms with E-state index in [9.17, 15) is 4.79 Å². The summed E-state index contributed by atoms with van der Waals surface area (Å²) in [5.41, 5.74) is 1.15. The Labute approximate surface area is 90.1 Å². The fourth-order valence-electron chi connectivity index (χ4n) is 2.17. The molecule has 1 aliphatic carbocycles. The largest absolute Gasteiger partial charge is 0.381 e. The molecule has 15 heavy (non-hydrogen) atoms. The van der Waals surface area contributed by atoms with Gasteiger partial charge in [-0.3, -0.25) is 4.79 Å². The molecule has 0 atom stereocenters. The van der Waals surface area contributed by atoms with Gasteiger partial charge in [-0.2, -0.15) is 0 Å². The van der Waals surface area contributed by atoms with E-state index in [0.717, 1.165) is 12.2 Å². The number of aromatic nitrogens is 1. The first-order chi connectivity index (χ1) is 7.29. The maximum Gasteiger partial charge on any atom is 0.250 e. The predicted molar refractivity (Wildman–Crippen MR) is 62.3 cm³/mol. The molecule has 3 heteroatoms. The summed E-state index contributed by atoms with van der Waals surface area (Å²) < 4.78 is 1.73. The first-order valence-corrected chi connectivity index (χ1v) is 5.76. The minimum atomic E-state index is 0.0782. The molecule has 0 bridgehead atoms. The monoisotopic (exact) mass is 206 g/mol. The van der Waals surface area contributed by atoms with Crippen LogP contribution in [0.25, 0.3) is 0 Å². The maximum atomic E-state index is 11.4. The summed E-state index contributed by atoms with van der Waals surface area (Å²) in [4.78, 5) is 11.4. The van der Waals surface area contributed by atoms with Crippen molar-refractivity contribution in [3.8, 4) is 0 Å². The Kier molecular flexibility index (Phi) is 3.09. The molecule has 0 saturated heterocycles. The van der Waals surface area contributed by atoms with Gasteiger partial charge in [0.1, 0.15) is 0 Å². The van der Waals surface area contributed by atoms with Crippen molar-refractivity contribution in [1.29, 1.82) is 0 Å². The molecule has 2 rings (SSSR count). The lowest BCUT2D eigenvalue weighted by molar-refractivity contribution is 0.716. The Bertz CT molecular complexity index is 377. The van der Waals surface area contributed by atoms with Gasteiger partial charge < -0.3 is 9.88 Å². The van der Waals surface area contributed by atoms with Gasteiger partial charge in [-0.1, -0.05) is 12.8 Å². The average Bonchev–Trinajstić information content (AvgIpc) is 2.73. The molecule has 1 aromatic rings. The van der Waals surface area contributed by atoms with E-state index in [0.29, 0.717) is 6.04 Å². The smallest absolute Gasteiger partial charge is 0.250 e. The highest BCUT2D eigenvalue weighted by molar-refractivity contribution is 5.41. The molecule has 0 radical (unpaired) electrons. The molecular formula is C12H18N2O. The molecule has 0 spiro atoms. The number of anilines is 1. The van der Waals surface area contributed by atoms with Crippen molar-refractivity contribution in [3.63, 3.8) is 0 Å². The van der Waals surface area contributed by atoms with Crippen LogP contribution in [0.15, 0.2) is 23.1 Å². The lowest BCUT2D eigenvalue weighted by Gasteiger charge is -2.14. The van der Waals surface area contributed by atoms with E-state index in [1.54, 1.807) is 10.6 Å². The van der Waals surface area contributed by atoms with Gasteiger partial charge in [0.15, 0.2) is 0 Å². The summed E-state index contributed by atoms with van der Waals surface area (Å²) in [6.45, 7) is 2.72. The van der Waals surface area contributed by atoms with E-state index in [2.05, 4.69) is 5.32 Å². The summed E-state index contributed by atoms with van der Waals surface area (Å²) in [5, 5.41) is 3.48. The lowest BCUT2D eigenvalue weighted by Crippen LogP contribution is -2.20. The number of nitrogens with one attached hydrogen (secondary N) is 1. The quantitative estimate of drug-likeness (QED) is 0.822. The highest BCUT2D eigenvalue weighted by Gasteiger charge is 2.14.